The van der Waals surface area contributed by atoms with Crippen LogP contribution in [-0.4, -0.2) is 65.9 Å². The lowest BCUT2D eigenvalue weighted by Gasteiger charge is -2.23. The van der Waals surface area contributed by atoms with Gasteiger partial charge in [0.15, 0.2) is 17.9 Å². The number of rotatable bonds is 6. The maximum atomic E-state index is 11.7. The lowest BCUT2D eigenvalue weighted by molar-refractivity contribution is -0.107. The van der Waals surface area contributed by atoms with E-state index in [2.05, 4.69) is 20.6 Å². The number of aliphatic hydroxyl groups is 2. The number of hydrogen-bond acceptors (Lipinski definition) is 10. The Labute approximate surface area is 208 Å². The van der Waals surface area contributed by atoms with E-state index in [9.17, 15) is 15.0 Å². The van der Waals surface area contributed by atoms with Gasteiger partial charge in [0.2, 0.25) is 5.95 Å². The molecule has 4 rings (SSSR count). The van der Waals surface area contributed by atoms with Crippen LogP contribution in [0.25, 0.3) is 5.70 Å². The molecule has 1 fully saturated rings. The zero-order valence-electron chi connectivity index (χ0n) is 19.8. The highest BCUT2D eigenvalue weighted by atomic mass is 35.5. The van der Waals surface area contributed by atoms with Gasteiger partial charge in [-0.25, -0.2) is 4.98 Å². The fourth-order valence-corrected chi connectivity index (χ4v) is 4.41. The topological polar surface area (TPSA) is 123 Å². The Morgan fingerprint density at radius 3 is 2.89 bits per heavy atom. The quantitative estimate of drug-likeness (QED) is 0.347. The molecule has 0 spiro atoms. The summed E-state index contributed by atoms with van der Waals surface area (Å²) in [6, 6.07) is 5.60. The number of aldehydes is 1. The van der Waals surface area contributed by atoms with Gasteiger partial charge >= 0.3 is 0 Å². The van der Waals surface area contributed by atoms with Gasteiger partial charge < -0.3 is 35.4 Å². The van der Waals surface area contributed by atoms with Gasteiger partial charge in [-0.3, -0.25) is 4.79 Å². The minimum absolute atomic E-state index is 0.113. The number of aliphatic hydroxyl groups excluding tert-OH is 2. The first-order chi connectivity index (χ1) is 16.8. The van der Waals surface area contributed by atoms with Crippen molar-refractivity contribution in [2.24, 2.45) is 0 Å². The molecule has 0 amide bonds. The van der Waals surface area contributed by atoms with Crippen LogP contribution in [0.1, 0.15) is 25.3 Å². The molecule has 2 aliphatic rings. The number of hydrogen-bond donors (Lipinski definition) is 4. The van der Waals surface area contributed by atoms with Crippen LogP contribution in [0, 0.1) is 0 Å². The highest BCUT2D eigenvalue weighted by Crippen LogP contribution is 2.35. The first kappa shape index (κ1) is 24.6. The molecule has 10 nitrogen and oxygen atoms in total. The van der Waals surface area contributed by atoms with E-state index in [4.69, 9.17) is 16.3 Å². The van der Waals surface area contributed by atoms with Crippen LogP contribution < -0.4 is 20.4 Å². The molecule has 1 saturated heterocycles. The monoisotopic (exact) mass is 500 g/mol. The van der Waals surface area contributed by atoms with Crippen molar-refractivity contribution >= 4 is 46.7 Å². The van der Waals surface area contributed by atoms with Crippen LogP contribution in [0.2, 0.25) is 5.02 Å². The average Bonchev–Trinajstić information content (AvgIpc) is 2.99. The molecule has 11 heteroatoms. The van der Waals surface area contributed by atoms with Gasteiger partial charge in [0.25, 0.3) is 0 Å². The highest BCUT2D eigenvalue weighted by molar-refractivity contribution is 6.32. The van der Waals surface area contributed by atoms with Crippen molar-refractivity contribution in [3.8, 4) is 0 Å². The second-order valence-corrected chi connectivity index (χ2v) is 9.04. The molecule has 3 heterocycles. The number of benzene rings is 1. The number of nitrogens with zero attached hydrogens (tertiary/aromatic N) is 4. The Bertz CT molecular complexity index is 1170. The molecule has 4 N–H and O–H groups in total. The largest absolute Gasteiger partial charge is 0.514 e. The zero-order chi connectivity index (χ0) is 25.1. The predicted molar refractivity (Wildman–Crippen MR) is 136 cm³/mol. The van der Waals surface area contributed by atoms with Gasteiger partial charge in [0, 0.05) is 43.6 Å². The maximum absolute atomic E-state index is 11.7. The summed E-state index contributed by atoms with van der Waals surface area (Å²) in [5, 5.41) is 26.7. The summed E-state index contributed by atoms with van der Waals surface area (Å²) in [5.74, 6) is 0.923. The molecule has 2 atom stereocenters. The van der Waals surface area contributed by atoms with Gasteiger partial charge in [-0.1, -0.05) is 11.6 Å². The number of carbonyl (C=O) groups excluding carboxylic acids is 1. The number of halogens is 1. The van der Waals surface area contributed by atoms with E-state index in [1.807, 2.05) is 44.1 Å². The average molecular weight is 501 g/mol. The second-order valence-electron chi connectivity index (χ2n) is 8.63. The lowest BCUT2D eigenvalue weighted by Crippen LogP contribution is -2.28. The van der Waals surface area contributed by atoms with Crippen molar-refractivity contribution in [2.75, 3.05) is 42.4 Å². The van der Waals surface area contributed by atoms with E-state index in [1.54, 1.807) is 4.90 Å². The SMILES string of the molecule is CC1CC(O)/C(=C\O)N1c1ncc(Cl)c(Nc2ccc(N(C)C)c(C3=C(C=O)OCCCN3)c2)n1. The minimum Gasteiger partial charge on any atom is -0.514 e. The van der Waals surface area contributed by atoms with Crippen LogP contribution in [0.4, 0.5) is 23.1 Å². The van der Waals surface area contributed by atoms with Crippen LogP contribution in [-0.2, 0) is 9.53 Å². The summed E-state index contributed by atoms with van der Waals surface area (Å²) in [4.78, 5) is 24.2. The molecule has 35 heavy (non-hydrogen) atoms. The third kappa shape index (κ3) is 4.98. The molecular formula is C24H29ClN6O4. The van der Waals surface area contributed by atoms with Crippen molar-refractivity contribution in [1.29, 1.82) is 0 Å². The zero-order valence-corrected chi connectivity index (χ0v) is 20.6. The van der Waals surface area contributed by atoms with E-state index >= 15 is 0 Å². The first-order valence-corrected chi connectivity index (χ1v) is 11.7. The van der Waals surface area contributed by atoms with Gasteiger partial charge in [-0.15, -0.1) is 0 Å². The molecule has 0 radical (unpaired) electrons. The number of anilines is 4. The normalized spacial score (nSPS) is 21.4. The standard InChI is InChI=1S/C24H29ClN6O4/c1-14-9-20(34)19(12-32)31(14)24-27-11-17(25)23(29-24)28-15-5-6-18(30(2)3)16(10-15)22-21(13-33)35-8-4-7-26-22/h5-6,10-14,20,26,32,34H,4,7-9H2,1-3H3,(H,27,28,29)/b19-12+. The van der Waals surface area contributed by atoms with Crippen molar-refractivity contribution in [2.45, 2.75) is 31.9 Å². The fraction of sp³-hybridized carbons (Fsp3) is 0.375. The Morgan fingerprint density at radius 2 is 2.17 bits per heavy atom. The molecule has 0 bridgehead atoms. The van der Waals surface area contributed by atoms with Gasteiger partial charge in [-0.05, 0) is 38.0 Å². The Kier molecular flexibility index (Phi) is 7.32. The van der Waals surface area contributed by atoms with Crippen molar-refractivity contribution in [1.82, 2.24) is 15.3 Å². The van der Waals surface area contributed by atoms with Crippen LogP contribution >= 0.6 is 11.6 Å². The van der Waals surface area contributed by atoms with Gasteiger partial charge in [-0.2, -0.15) is 4.98 Å². The van der Waals surface area contributed by atoms with Crippen LogP contribution in [0.15, 0.2) is 42.1 Å². The molecule has 1 aromatic heterocycles. The molecule has 0 saturated carbocycles. The van der Waals surface area contributed by atoms with Crippen LogP contribution in [0.5, 0.6) is 0 Å². The Balaban J connectivity index is 1.72. The van der Waals surface area contributed by atoms with E-state index in [0.29, 0.717) is 53.4 Å². The third-order valence-corrected chi connectivity index (χ3v) is 6.22. The molecule has 186 valence electrons. The fourth-order valence-electron chi connectivity index (χ4n) is 4.28. The molecule has 2 aromatic rings. The maximum Gasteiger partial charge on any atom is 0.232 e. The van der Waals surface area contributed by atoms with E-state index in [-0.39, 0.29) is 11.8 Å². The molecule has 2 aliphatic heterocycles. The number of carbonyl (C=O) groups is 1. The Hall–Kier alpha value is -3.50. The lowest BCUT2D eigenvalue weighted by atomic mass is 10.1. The number of nitrogens with one attached hydrogen (secondary N) is 2. The van der Waals surface area contributed by atoms with E-state index in [1.165, 1.54) is 6.20 Å². The molecule has 1 aromatic carbocycles. The molecular weight excluding hydrogens is 472 g/mol. The molecule has 2 unspecified atom stereocenters. The number of aromatic nitrogens is 2. The smallest absolute Gasteiger partial charge is 0.232 e. The predicted octanol–water partition coefficient (Wildman–Crippen LogP) is 3.18. The summed E-state index contributed by atoms with van der Waals surface area (Å²) in [5.41, 5.74) is 3.33. The van der Waals surface area contributed by atoms with Gasteiger partial charge in [0.05, 0.1) is 30.3 Å². The number of allylic oxidation sites excluding steroid dienone is 1. The van der Waals surface area contributed by atoms with Gasteiger partial charge in [0.1, 0.15) is 11.3 Å². The van der Waals surface area contributed by atoms with Crippen molar-refractivity contribution in [3.05, 3.63) is 52.7 Å². The van der Waals surface area contributed by atoms with E-state index < -0.39 is 6.10 Å². The first-order valence-electron chi connectivity index (χ1n) is 11.3. The summed E-state index contributed by atoms with van der Waals surface area (Å²) in [6.45, 7) is 3.06. The highest BCUT2D eigenvalue weighted by Gasteiger charge is 2.35. The second kappa shape index (κ2) is 10.4. The Morgan fingerprint density at radius 1 is 1.37 bits per heavy atom. The summed E-state index contributed by atoms with van der Waals surface area (Å²) >= 11 is 6.41. The summed E-state index contributed by atoms with van der Waals surface area (Å²) in [7, 11) is 3.85. The number of ether oxygens (including phenoxy) is 1. The van der Waals surface area contributed by atoms with E-state index in [0.717, 1.165) is 30.2 Å². The third-order valence-electron chi connectivity index (χ3n) is 5.95. The molecule has 0 aliphatic carbocycles. The summed E-state index contributed by atoms with van der Waals surface area (Å²) in [6.07, 6.45) is 3.50. The van der Waals surface area contributed by atoms with Crippen LogP contribution in [0.3, 0.4) is 0 Å². The minimum atomic E-state index is -0.804. The summed E-state index contributed by atoms with van der Waals surface area (Å²) < 4.78 is 5.66. The van der Waals surface area contributed by atoms with Crippen molar-refractivity contribution < 1.29 is 19.7 Å². The van der Waals surface area contributed by atoms with Crippen molar-refractivity contribution in [3.63, 3.8) is 0 Å².